The number of benzene rings is 2. The Morgan fingerprint density at radius 1 is 1.02 bits per heavy atom. The van der Waals surface area contributed by atoms with Gasteiger partial charge >= 0.3 is 5.97 Å². The summed E-state index contributed by atoms with van der Waals surface area (Å²) in [5.74, 6) is 0.521. The van der Waals surface area contributed by atoms with E-state index in [1.165, 1.54) is 24.8 Å². The number of hydrogen-bond acceptors (Lipinski definition) is 4. The molecular weight excluding hydrogens is 510 g/mol. The Morgan fingerprint density at radius 3 is 2.50 bits per heavy atom. The lowest BCUT2D eigenvalue weighted by Gasteiger charge is -2.38. The van der Waals surface area contributed by atoms with E-state index in [9.17, 15) is 4.79 Å². The van der Waals surface area contributed by atoms with E-state index in [-0.39, 0.29) is 41.0 Å². The molecule has 6 heteroatoms. The fourth-order valence-corrected chi connectivity index (χ4v) is 7.25. The van der Waals surface area contributed by atoms with Gasteiger partial charge in [0.15, 0.2) is 0 Å². The minimum absolute atomic E-state index is 0.0272. The van der Waals surface area contributed by atoms with Crippen LogP contribution in [-0.2, 0) is 21.4 Å². The first kappa shape index (κ1) is 28.4. The van der Waals surface area contributed by atoms with Crippen LogP contribution in [0.4, 0.5) is 8.78 Å². The second-order valence-electron chi connectivity index (χ2n) is 12.6. The van der Waals surface area contributed by atoms with Crippen molar-refractivity contribution in [3.8, 4) is 11.5 Å². The molecule has 0 amide bonds. The van der Waals surface area contributed by atoms with Crippen LogP contribution in [0.5, 0.6) is 11.5 Å². The standard InChI is InChI=1S/C34H40F2O4/c1-33(2)13-6-7-28(33)26-15-22(31(36)18-25(26)27-16-23(38-4)10-11-30(27)35)20-40-24-9-8-21-12-14-34(3,29(21)17-24)19-32(37)39-5/h8-11,16-18,26,28H,6-7,12-15,19-20H2,1-5H3/t26?,28-,34-/m1/s1. The van der Waals surface area contributed by atoms with Crippen molar-refractivity contribution in [3.63, 3.8) is 0 Å². The van der Waals surface area contributed by atoms with E-state index in [1.54, 1.807) is 19.2 Å². The lowest BCUT2D eigenvalue weighted by molar-refractivity contribution is -0.142. The summed E-state index contributed by atoms with van der Waals surface area (Å²) in [6, 6.07) is 10.6. The van der Waals surface area contributed by atoms with Crippen molar-refractivity contribution in [2.45, 2.75) is 71.1 Å². The van der Waals surface area contributed by atoms with Crippen LogP contribution in [0.2, 0.25) is 0 Å². The molecule has 1 fully saturated rings. The molecule has 0 aromatic heterocycles. The Bertz CT molecular complexity index is 1360. The Hall–Kier alpha value is -3.15. The first-order valence-electron chi connectivity index (χ1n) is 14.3. The SMILES string of the molecule is COC(=O)C[C@@]1(C)CCc2ccc(OCC3=C(F)C=C(c4cc(OC)ccc4F)C([C@H]4CCCC4(C)C)C3)cc21. The van der Waals surface area contributed by atoms with Gasteiger partial charge in [0.2, 0.25) is 0 Å². The number of halogens is 2. The number of carbonyl (C=O) groups is 1. The second-order valence-corrected chi connectivity index (χ2v) is 12.6. The number of aryl methyl sites for hydroxylation is 1. The van der Waals surface area contributed by atoms with Crippen LogP contribution in [0.1, 0.15) is 76.0 Å². The third kappa shape index (κ3) is 5.42. The quantitative estimate of drug-likeness (QED) is 0.311. The summed E-state index contributed by atoms with van der Waals surface area (Å²) in [5.41, 5.74) is 3.77. The lowest BCUT2D eigenvalue weighted by atomic mass is 9.67. The summed E-state index contributed by atoms with van der Waals surface area (Å²) in [6.07, 6.45) is 7.32. The number of allylic oxidation sites excluding steroid dienone is 3. The Morgan fingerprint density at radius 2 is 1.80 bits per heavy atom. The van der Waals surface area contributed by atoms with E-state index < -0.39 is 0 Å². The maximum Gasteiger partial charge on any atom is 0.306 e. The topological polar surface area (TPSA) is 44.8 Å². The fraction of sp³-hybridized carbons (Fsp3) is 0.500. The van der Waals surface area contributed by atoms with Gasteiger partial charge in [-0.25, -0.2) is 8.78 Å². The highest BCUT2D eigenvalue weighted by Gasteiger charge is 2.43. The molecule has 0 N–H and O–H groups in total. The van der Waals surface area contributed by atoms with Crippen LogP contribution < -0.4 is 9.47 Å². The molecule has 0 spiro atoms. The normalized spacial score (nSPS) is 25.4. The van der Waals surface area contributed by atoms with Gasteiger partial charge in [-0.3, -0.25) is 4.79 Å². The van der Waals surface area contributed by atoms with E-state index in [4.69, 9.17) is 14.2 Å². The van der Waals surface area contributed by atoms with Crippen LogP contribution in [0, 0.1) is 23.1 Å². The first-order chi connectivity index (χ1) is 19.0. The third-order valence-electron chi connectivity index (χ3n) is 9.65. The average molecular weight is 551 g/mol. The van der Waals surface area contributed by atoms with Crippen LogP contribution in [0.15, 0.2) is 53.9 Å². The van der Waals surface area contributed by atoms with Crippen molar-refractivity contribution in [1.29, 1.82) is 0 Å². The van der Waals surface area contributed by atoms with E-state index in [0.717, 1.165) is 37.7 Å². The maximum absolute atomic E-state index is 15.7. The van der Waals surface area contributed by atoms with Gasteiger partial charge in [-0.05, 0) is 102 Å². The lowest BCUT2D eigenvalue weighted by Crippen LogP contribution is -2.29. The molecule has 1 unspecified atom stereocenters. The van der Waals surface area contributed by atoms with Gasteiger partial charge in [-0.15, -0.1) is 0 Å². The van der Waals surface area contributed by atoms with Gasteiger partial charge in [-0.1, -0.05) is 33.3 Å². The minimum atomic E-state index is -0.367. The summed E-state index contributed by atoms with van der Waals surface area (Å²) in [5, 5.41) is 0. The molecule has 3 atom stereocenters. The molecule has 2 aromatic carbocycles. The molecule has 0 aliphatic heterocycles. The van der Waals surface area contributed by atoms with Gasteiger partial charge in [0.25, 0.3) is 0 Å². The summed E-state index contributed by atoms with van der Waals surface area (Å²) in [7, 11) is 2.97. The molecular formula is C34H40F2O4. The van der Waals surface area contributed by atoms with E-state index >= 15 is 8.78 Å². The van der Waals surface area contributed by atoms with E-state index in [0.29, 0.717) is 47.0 Å². The molecule has 1 saturated carbocycles. The molecule has 40 heavy (non-hydrogen) atoms. The average Bonchev–Trinajstić information content (AvgIpc) is 3.45. The molecule has 3 aliphatic rings. The van der Waals surface area contributed by atoms with Gasteiger partial charge in [0, 0.05) is 16.6 Å². The molecule has 0 bridgehead atoms. The highest BCUT2D eigenvalue weighted by molar-refractivity contribution is 5.73. The minimum Gasteiger partial charge on any atom is -0.497 e. The van der Waals surface area contributed by atoms with E-state index in [2.05, 4.69) is 20.8 Å². The van der Waals surface area contributed by atoms with E-state index in [1.807, 2.05) is 18.2 Å². The number of ether oxygens (including phenoxy) is 3. The number of fused-ring (bicyclic) bond motifs is 1. The second kappa shape index (κ2) is 11.0. The largest absolute Gasteiger partial charge is 0.497 e. The summed E-state index contributed by atoms with van der Waals surface area (Å²) < 4.78 is 47.3. The molecule has 0 saturated heterocycles. The van der Waals surface area contributed by atoms with Crippen molar-refractivity contribution >= 4 is 11.5 Å². The Labute approximate surface area is 236 Å². The number of hydrogen-bond donors (Lipinski definition) is 0. The maximum atomic E-state index is 15.7. The molecule has 2 aromatic rings. The third-order valence-corrected chi connectivity index (χ3v) is 9.65. The number of carbonyl (C=O) groups excluding carboxylic acids is 1. The van der Waals surface area contributed by atoms with Crippen LogP contribution in [0.3, 0.4) is 0 Å². The molecule has 5 rings (SSSR count). The Kier molecular flexibility index (Phi) is 7.82. The molecule has 0 radical (unpaired) electrons. The monoisotopic (exact) mass is 550 g/mol. The van der Waals surface area contributed by atoms with Gasteiger partial charge in [-0.2, -0.15) is 0 Å². The summed E-state index contributed by atoms with van der Waals surface area (Å²) >= 11 is 0. The van der Waals surface area contributed by atoms with Crippen molar-refractivity contribution in [3.05, 3.63) is 76.4 Å². The first-order valence-corrected chi connectivity index (χ1v) is 14.3. The van der Waals surface area contributed by atoms with Crippen LogP contribution >= 0.6 is 0 Å². The van der Waals surface area contributed by atoms with Crippen molar-refractivity contribution in [1.82, 2.24) is 0 Å². The van der Waals surface area contributed by atoms with Crippen molar-refractivity contribution in [2.24, 2.45) is 17.3 Å². The zero-order valence-corrected chi connectivity index (χ0v) is 24.2. The molecule has 3 aliphatic carbocycles. The predicted molar refractivity (Wildman–Crippen MR) is 153 cm³/mol. The fourth-order valence-electron chi connectivity index (χ4n) is 7.25. The number of methoxy groups -OCH3 is 2. The van der Waals surface area contributed by atoms with Crippen molar-refractivity contribution < 1.29 is 27.8 Å². The zero-order chi connectivity index (χ0) is 28.7. The molecule has 214 valence electrons. The Balaban J connectivity index is 1.43. The predicted octanol–water partition coefficient (Wildman–Crippen LogP) is 8.13. The highest BCUT2D eigenvalue weighted by Crippen LogP contribution is 2.54. The highest BCUT2D eigenvalue weighted by atomic mass is 19.1. The zero-order valence-electron chi connectivity index (χ0n) is 24.2. The summed E-state index contributed by atoms with van der Waals surface area (Å²) in [6.45, 7) is 6.74. The van der Waals surface area contributed by atoms with Crippen LogP contribution in [0.25, 0.3) is 5.57 Å². The molecule has 0 heterocycles. The van der Waals surface area contributed by atoms with Crippen LogP contribution in [-0.4, -0.2) is 26.8 Å². The van der Waals surface area contributed by atoms with Crippen molar-refractivity contribution in [2.75, 3.05) is 20.8 Å². The molecule has 4 nitrogen and oxygen atoms in total. The number of esters is 1. The van der Waals surface area contributed by atoms with Gasteiger partial charge < -0.3 is 14.2 Å². The number of rotatable bonds is 8. The summed E-state index contributed by atoms with van der Waals surface area (Å²) in [4.78, 5) is 12.1. The smallest absolute Gasteiger partial charge is 0.306 e. The van der Waals surface area contributed by atoms with Gasteiger partial charge in [0.1, 0.15) is 29.8 Å². The van der Waals surface area contributed by atoms with Gasteiger partial charge in [0.05, 0.1) is 20.6 Å².